The quantitative estimate of drug-likeness (QED) is 0.400. The van der Waals surface area contributed by atoms with Crippen LogP contribution in [-0.2, 0) is 20.7 Å². The maximum atomic E-state index is 11.5. The lowest BCUT2D eigenvalue weighted by Crippen LogP contribution is -2.42. The molecule has 1 atom stereocenters. The van der Waals surface area contributed by atoms with E-state index < -0.39 is 24.3 Å². The summed E-state index contributed by atoms with van der Waals surface area (Å²) in [5.74, 6) is -1.04. The van der Waals surface area contributed by atoms with Gasteiger partial charge >= 0.3 is 18.2 Å². The topological polar surface area (TPSA) is 111 Å². The minimum absolute atomic E-state index is 0.0103. The standard InChI is InChI=1S/C17H19NO7/c1-3-8-23-16(21)18-14(15(19)20)11-12-6-5-7-13(10-12)25-17(22)24-9-4-2/h3-7,10,14H,1-2,8-9,11H2,(H,18,21)(H,19,20)/t14-/m0/s1. The lowest BCUT2D eigenvalue weighted by atomic mass is 10.1. The molecule has 1 aromatic carbocycles. The van der Waals surface area contributed by atoms with Gasteiger partial charge in [-0.15, -0.1) is 0 Å². The summed E-state index contributed by atoms with van der Waals surface area (Å²) >= 11 is 0. The van der Waals surface area contributed by atoms with Gasteiger partial charge in [0.1, 0.15) is 25.0 Å². The molecule has 0 radical (unpaired) electrons. The lowest BCUT2D eigenvalue weighted by Gasteiger charge is -2.14. The van der Waals surface area contributed by atoms with E-state index in [1.54, 1.807) is 12.1 Å². The van der Waals surface area contributed by atoms with Crippen molar-refractivity contribution in [3.05, 3.63) is 55.1 Å². The summed E-state index contributed by atoms with van der Waals surface area (Å²) < 4.78 is 14.3. The number of rotatable bonds is 9. The molecule has 8 nitrogen and oxygen atoms in total. The number of ether oxygens (including phenoxy) is 3. The molecule has 0 aliphatic carbocycles. The molecule has 0 fully saturated rings. The third kappa shape index (κ3) is 7.69. The van der Waals surface area contributed by atoms with Crippen LogP contribution in [0.5, 0.6) is 5.75 Å². The van der Waals surface area contributed by atoms with Crippen LogP contribution in [0.15, 0.2) is 49.6 Å². The largest absolute Gasteiger partial charge is 0.514 e. The van der Waals surface area contributed by atoms with Gasteiger partial charge < -0.3 is 24.6 Å². The number of nitrogens with one attached hydrogen (secondary N) is 1. The molecule has 0 aromatic heterocycles. The second-order valence-electron chi connectivity index (χ2n) is 4.73. The van der Waals surface area contributed by atoms with Gasteiger partial charge in [-0.05, 0) is 17.7 Å². The first-order valence-corrected chi connectivity index (χ1v) is 7.27. The molecule has 1 amide bonds. The van der Waals surface area contributed by atoms with Crippen LogP contribution in [0, 0.1) is 0 Å². The van der Waals surface area contributed by atoms with Crippen molar-refractivity contribution in [1.29, 1.82) is 0 Å². The summed E-state index contributed by atoms with van der Waals surface area (Å²) in [7, 11) is 0. The van der Waals surface area contributed by atoms with Gasteiger partial charge in [0.25, 0.3) is 0 Å². The third-order valence-corrected chi connectivity index (χ3v) is 2.78. The number of hydrogen-bond acceptors (Lipinski definition) is 6. The normalized spacial score (nSPS) is 10.9. The van der Waals surface area contributed by atoms with E-state index >= 15 is 0 Å². The Kier molecular flexibility index (Phi) is 8.28. The minimum atomic E-state index is -1.23. The zero-order valence-electron chi connectivity index (χ0n) is 13.5. The summed E-state index contributed by atoms with van der Waals surface area (Å²) in [4.78, 5) is 34.2. The Morgan fingerprint density at radius 2 is 1.84 bits per heavy atom. The Morgan fingerprint density at radius 1 is 1.16 bits per heavy atom. The summed E-state index contributed by atoms with van der Waals surface area (Å²) in [5.41, 5.74) is 0.533. The Balaban J connectivity index is 2.71. The molecule has 0 saturated carbocycles. The third-order valence-electron chi connectivity index (χ3n) is 2.78. The first kappa shape index (κ1) is 19.8. The van der Waals surface area contributed by atoms with Gasteiger partial charge in [0.05, 0.1) is 0 Å². The predicted octanol–water partition coefficient (Wildman–Crippen LogP) is 2.30. The molecular formula is C17H19NO7. The van der Waals surface area contributed by atoms with Crippen LogP contribution in [0.2, 0.25) is 0 Å². The van der Waals surface area contributed by atoms with Crippen molar-refractivity contribution in [2.75, 3.05) is 13.2 Å². The van der Waals surface area contributed by atoms with Crippen molar-refractivity contribution >= 4 is 18.2 Å². The Hall–Kier alpha value is -3.29. The first-order valence-electron chi connectivity index (χ1n) is 7.27. The highest BCUT2D eigenvalue weighted by molar-refractivity contribution is 5.80. The number of alkyl carbamates (subject to hydrolysis) is 1. The average molecular weight is 349 g/mol. The van der Waals surface area contributed by atoms with Crippen LogP contribution in [0.1, 0.15) is 5.56 Å². The number of carbonyl (C=O) groups is 3. The van der Waals surface area contributed by atoms with Crippen molar-refractivity contribution in [2.24, 2.45) is 0 Å². The van der Waals surface area contributed by atoms with Gasteiger partial charge in [-0.25, -0.2) is 14.4 Å². The van der Waals surface area contributed by atoms with Gasteiger partial charge in [-0.1, -0.05) is 37.4 Å². The number of carbonyl (C=O) groups excluding carboxylic acids is 2. The van der Waals surface area contributed by atoms with Crippen LogP contribution in [0.4, 0.5) is 9.59 Å². The van der Waals surface area contributed by atoms with Crippen LogP contribution < -0.4 is 10.1 Å². The Bertz CT molecular complexity index is 642. The van der Waals surface area contributed by atoms with Crippen molar-refractivity contribution in [3.63, 3.8) is 0 Å². The number of hydrogen-bond donors (Lipinski definition) is 2. The maximum absolute atomic E-state index is 11.5. The molecule has 1 aromatic rings. The van der Waals surface area contributed by atoms with E-state index in [1.165, 1.54) is 24.3 Å². The molecule has 25 heavy (non-hydrogen) atoms. The molecule has 0 bridgehead atoms. The molecule has 0 aliphatic heterocycles. The molecular weight excluding hydrogens is 330 g/mol. The average Bonchev–Trinajstić information content (AvgIpc) is 2.57. The highest BCUT2D eigenvalue weighted by atomic mass is 16.7. The van der Waals surface area contributed by atoms with Crippen molar-refractivity contribution < 1.29 is 33.7 Å². The molecule has 0 saturated heterocycles. The monoisotopic (exact) mass is 349 g/mol. The second-order valence-corrected chi connectivity index (χ2v) is 4.73. The zero-order chi connectivity index (χ0) is 18.7. The van der Waals surface area contributed by atoms with Gasteiger partial charge in [-0.3, -0.25) is 0 Å². The van der Waals surface area contributed by atoms with E-state index in [1.807, 2.05) is 0 Å². The van der Waals surface area contributed by atoms with Crippen molar-refractivity contribution in [3.8, 4) is 5.75 Å². The maximum Gasteiger partial charge on any atom is 0.514 e. The molecule has 0 spiro atoms. The van der Waals surface area contributed by atoms with Crippen molar-refractivity contribution in [1.82, 2.24) is 5.32 Å². The molecule has 2 N–H and O–H groups in total. The number of carboxylic acid groups (broad SMARTS) is 1. The minimum Gasteiger partial charge on any atom is -0.480 e. The molecule has 8 heteroatoms. The van der Waals surface area contributed by atoms with E-state index in [4.69, 9.17) is 9.47 Å². The molecule has 0 heterocycles. The van der Waals surface area contributed by atoms with Crippen LogP contribution in [-0.4, -0.2) is 42.6 Å². The zero-order valence-corrected chi connectivity index (χ0v) is 13.5. The summed E-state index contributed by atoms with van der Waals surface area (Å²) in [6.45, 7) is 6.77. The number of benzene rings is 1. The second kappa shape index (κ2) is 10.5. The van der Waals surface area contributed by atoms with Crippen LogP contribution in [0.3, 0.4) is 0 Å². The van der Waals surface area contributed by atoms with Crippen LogP contribution in [0.25, 0.3) is 0 Å². The molecule has 0 aliphatic rings. The van der Waals surface area contributed by atoms with E-state index in [2.05, 4.69) is 23.2 Å². The van der Waals surface area contributed by atoms with Gasteiger partial charge in [0, 0.05) is 6.42 Å². The molecule has 1 rings (SSSR count). The lowest BCUT2D eigenvalue weighted by molar-refractivity contribution is -0.139. The fourth-order valence-electron chi connectivity index (χ4n) is 1.74. The predicted molar refractivity (Wildman–Crippen MR) is 88.4 cm³/mol. The highest BCUT2D eigenvalue weighted by Crippen LogP contribution is 2.15. The molecule has 134 valence electrons. The Morgan fingerprint density at radius 3 is 2.48 bits per heavy atom. The smallest absolute Gasteiger partial charge is 0.480 e. The number of amides is 1. The molecule has 0 unspecified atom stereocenters. The Labute approximate surface area is 144 Å². The van der Waals surface area contributed by atoms with Gasteiger partial charge in [0.15, 0.2) is 0 Å². The number of carboxylic acids is 1. The van der Waals surface area contributed by atoms with E-state index in [-0.39, 0.29) is 25.4 Å². The SMILES string of the molecule is C=CCOC(=O)N[C@@H](Cc1cccc(OC(=O)OCC=C)c1)C(=O)O. The first-order chi connectivity index (χ1) is 12.0. The summed E-state index contributed by atoms with van der Waals surface area (Å²) in [5, 5.41) is 11.5. The summed E-state index contributed by atoms with van der Waals surface area (Å²) in [6.07, 6.45) is 0.955. The van der Waals surface area contributed by atoms with Gasteiger partial charge in [-0.2, -0.15) is 0 Å². The van der Waals surface area contributed by atoms with E-state index in [9.17, 15) is 19.5 Å². The number of aliphatic carboxylic acids is 1. The summed E-state index contributed by atoms with van der Waals surface area (Å²) in [6, 6.07) is 5.00. The fourth-order valence-corrected chi connectivity index (χ4v) is 1.74. The fraction of sp³-hybridized carbons (Fsp3) is 0.235. The van der Waals surface area contributed by atoms with E-state index in [0.717, 1.165) is 0 Å². The highest BCUT2D eigenvalue weighted by Gasteiger charge is 2.21. The van der Waals surface area contributed by atoms with Crippen molar-refractivity contribution in [2.45, 2.75) is 12.5 Å². The van der Waals surface area contributed by atoms with Gasteiger partial charge in [0.2, 0.25) is 0 Å². The van der Waals surface area contributed by atoms with E-state index in [0.29, 0.717) is 5.56 Å². The van der Waals surface area contributed by atoms with Crippen LogP contribution >= 0.6 is 0 Å².